The topological polar surface area (TPSA) is 21.3 Å². The van der Waals surface area contributed by atoms with E-state index < -0.39 is 6.61 Å². The van der Waals surface area contributed by atoms with Gasteiger partial charge >= 0.3 is 6.61 Å². The van der Waals surface area contributed by atoms with Gasteiger partial charge in [0, 0.05) is 12.6 Å². The van der Waals surface area contributed by atoms with Crippen LogP contribution in [0, 0.1) is 0 Å². The molecule has 9 heavy (non-hydrogen) atoms. The molecule has 1 fully saturated rings. The van der Waals surface area contributed by atoms with Crippen molar-refractivity contribution in [3.05, 3.63) is 0 Å². The van der Waals surface area contributed by atoms with E-state index in [0.717, 1.165) is 0 Å². The van der Waals surface area contributed by atoms with Crippen LogP contribution in [0.5, 0.6) is 0 Å². The fraction of sp³-hybridized carbons (Fsp3) is 1.00. The Hall–Kier alpha value is -0.220. The maximum absolute atomic E-state index is 11.4. The summed E-state index contributed by atoms with van der Waals surface area (Å²) in [5.41, 5.74) is 0. The van der Waals surface area contributed by atoms with Gasteiger partial charge in [-0.25, -0.2) is 0 Å². The summed E-state index contributed by atoms with van der Waals surface area (Å²) >= 11 is 0. The van der Waals surface area contributed by atoms with Crippen molar-refractivity contribution in [3.8, 4) is 0 Å². The van der Waals surface area contributed by atoms with Crippen molar-refractivity contribution >= 4 is 0 Å². The van der Waals surface area contributed by atoms with E-state index in [4.69, 9.17) is 0 Å². The third-order valence-corrected chi connectivity index (χ3v) is 1.48. The smallest absolute Gasteiger partial charge is 0.317 e. The summed E-state index contributed by atoms with van der Waals surface area (Å²) in [7, 11) is 0. The molecule has 0 aromatic rings. The Balaban J connectivity index is 2.13. The lowest BCUT2D eigenvalue weighted by Gasteiger charge is -2.34. The van der Waals surface area contributed by atoms with Crippen LogP contribution in [0.4, 0.5) is 8.78 Å². The molecule has 2 atom stereocenters. The lowest BCUT2D eigenvalue weighted by molar-refractivity contribution is -0.184. The predicted octanol–water partition coefficient (Wildman–Crippen LogP) is 0.586. The van der Waals surface area contributed by atoms with Crippen LogP contribution in [0.15, 0.2) is 0 Å². The van der Waals surface area contributed by atoms with E-state index in [-0.39, 0.29) is 12.1 Å². The second-order valence-corrected chi connectivity index (χ2v) is 2.13. The maximum atomic E-state index is 11.4. The molecule has 1 N–H and O–H groups in total. The van der Waals surface area contributed by atoms with E-state index in [1.54, 1.807) is 0 Å². The summed E-state index contributed by atoms with van der Waals surface area (Å²) in [5, 5.41) is 2.91. The molecule has 0 spiro atoms. The molecule has 1 aliphatic rings. The third kappa shape index (κ3) is 1.59. The fourth-order valence-electron chi connectivity index (χ4n) is 0.748. The number of hydrogen-bond donors (Lipinski definition) is 1. The number of hydrogen-bond acceptors (Lipinski definition) is 2. The number of halogens is 2. The zero-order valence-corrected chi connectivity index (χ0v) is 5.10. The van der Waals surface area contributed by atoms with Gasteiger partial charge in [-0.2, -0.15) is 8.78 Å². The number of ether oxygens (including phenoxy) is 1. The summed E-state index contributed by atoms with van der Waals surface area (Å²) < 4.78 is 27.1. The SMILES string of the molecule is C[C@@H]1NC[C@@H]1OC(F)F. The molecule has 1 heterocycles. The highest BCUT2D eigenvalue weighted by Crippen LogP contribution is 2.11. The first-order valence-electron chi connectivity index (χ1n) is 2.87. The molecule has 0 aliphatic carbocycles. The Morgan fingerprint density at radius 1 is 1.67 bits per heavy atom. The molecule has 54 valence electrons. The molecule has 1 rings (SSSR count). The lowest BCUT2D eigenvalue weighted by atomic mass is 10.1. The number of nitrogens with one attached hydrogen (secondary N) is 1. The summed E-state index contributed by atoms with van der Waals surface area (Å²) in [6.45, 7) is -0.262. The number of rotatable bonds is 2. The second kappa shape index (κ2) is 2.58. The summed E-state index contributed by atoms with van der Waals surface area (Å²) in [6, 6.07) is 0.0824. The van der Waals surface area contributed by atoms with Gasteiger partial charge < -0.3 is 10.1 Å². The minimum absolute atomic E-state index is 0.0824. The van der Waals surface area contributed by atoms with Gasteiger partial charge in [0.15, 0.2) is 0 Å². The average molecular weight is 137 g/mol. The van der Waals surface area contributed by atoms with Gasteiger partial charge in [0.2, 0.25) is 0 Å². The Morgan fingerprint density at radius 2 is 2.33 bits per heavy atom. The maximum Gasteiger partial charge on any atom is 0.345 e. The highest BCUT2D eigenvalue weighted by Gasteiger charge is 2.29. The Labute approximate surface area is 52.2 Å². The van der Waals surface area contributed by atoms with Crippen molar-refractivity contribution in [1.82, 2.24) is 5.32 Å². The summed E-state index contributed by atoms with van der Waals surface area (Å²) in [4.78, 5) is 0. The van der Waals surface area contributed by atoms with Crippen molar-refractivity contribution < 1.29 is 13.5 Å². The number of alkyl halides is 2. The molecule has 0 aromatic carbocycles. The molecular weight excluding hydrogens is 128 g/mol. The largest absolute Gasteiger partial charge is 0.345 e. The second-order valence-electron chi connectivity index (χ2n) is 2.13. The molecule has 0 bridgehead atoms. The zero-order chi connectivity index (χ0) is 6.85. The van der Waals surface area contributed by atoms with Gasteiger partial charge in [-0.3, -0.25) is 0 Å². The van der Waals surface area contributed by atoms with Crippen LogP contribution in [0.3, 0.4) is 0 Å². The highest BCUT2D eigenvalue weighted by molar-refractivity contribution is 4.85. The first kappa shape index (κ1) is 6.89. The molecule has 2 nitrogen and oxygen atoms in total. The average Bonchev–Trinajstić information content (AvgIpc) is 1.79. The van der Waals surface area contributed by atoms with Crippen LogP contribution in [0.25, 0.3) is 0 Å². The van der Waals surface area contributed by atoms with Gasteiger partial charge in [0.1, 0.15) is 0 Å². The van der Waals surface area contributed by atoms with Crippen LogP contribution < -0.4 is 5.32 Å². The summed E-state index contributed by atoms with van der Waals surface area (Å²) in [6.07, 6.45) is -0.287. The van der Waals surface area contributed by atoms with Gasteiger partial charge in [0.25, 0.3) is 0 Å². The lowest BCUT2D eigenvalue weighted by Crippen LogP contribution is -2.57. The molecule has 0 amide bonds. The summed E-state index contributed by atoms with van der Waals surface area (Å²) in [5.74, 6) is 0. The molecule has 0 aromatic heterocycles. The van der Waals surface area contributed by atoms with Crippen molar-refractivity contribution in [2.75, 3.05) is 6.54 Å². The molecule has 0 unspecified atom stereocenters. The van der Waals surface area contributed by atoms with E-state index in [2.05, 4.69) is 10.1 Å². The van der Waals surface area contributed by atoms with Gasteiger partial charge in [-0.15, -0.1) is 0 Å². The van der Waals surface area contributed by atoms with Crippen molar-refractivity contribution in [1.29, 1.82) is 0 Å². The monoisotopic (exact) mass is 137 g/mol. The third-order valence-electron chi connectivity index (χ3n) is 1.48. The van der Waals surface area contributed by atoms with Gasteiger partial charge in [0.05, 0.1) is 6.10 Å². The van der Waals surface area contributed by atoms with E-state index in [0.29, 0.717) is 6.54 Å². The van der Waals surface area contributed by atoms with Crippen LogP contribution in [0.2, 0.25) is 0 Å². The molecule has 0 radical (unpaired) electrons. The zero-order valence-electron chi connectivity index (χ0n) is 5.10. The molecular formula is C5H9F2NO. The van der Waals surface area contributed by atoms with Crippen molar-refractivity contribution in [2.24, 2.45) is 0 Å². The fourth-order valence-corrected chi connectivity index (χ4v) is 0.748. The normalized spacial score (nSPS) is 34.7. The van der Waals surface area contributed by atoms with E-state index in [1.807, 2.05) is 6.92 Å². The molecule has 4 heteroatoms. The van der Waals surface area contributed by atoms with E-state index in [1.165, 1.54) is 0 Å². The minimum atomic E-state index is -2.63. The first-order chi connectivity index (χ1) is 4.20. The molecule has 1 aliphatic heterocycles. The highest BCUT2D eigenvalue weighted by atomic mass is 19.3. The van der Waals surface area contributed by atoms with Crippen molar-refractivity contribution in [3.63, 3.8) is 0 Å². The van der Waals surface area contributed by atoms with Crippen LogP contribution in [-0.4, -0.2) is 25.3 Å². The van der Waals surface area contributed by atoms with Crippen LogP contribution >= 0.6 is 0 Å². The van der Waals surface area contributed by atoms with Gasteiger partial charge in [-0.05, 0) is 6.92 Å². The minimum Gasteiger partial charge on any atom is -0.317 e. The van der Waals surface area contributed by atoms with Gasteiger partial charge in [-0.1, -0.05) is 0 Å². The first-order valence-corrected chi connectivity index (χ1v) is 2.87. The molecule has 1 saturated heterocycles. The predicted molar refractivity (Wildman–Crippen MR) is 28.3 cm³/mol. The van der Waals surface area contributed by atoms with E-state index in [9.17, 15) is 8.78 Å². The van der Waals surface area contributed by atoms with Crippen molar-refractivity contribution in [2.45, 2.75) is 25.7 Å². The quantitative estimate of drug-likeness (QED) is 0.601. The van der Waals surface area contributed by atoms with Crippen LogP contribution in [0.1, 0.15) is 6.92 Å². The Kier molecular flexibility index (Phi) is 1.97. The van der Waals surface area contributed by atoms with E-state index >= 15 is 0 Å². The Morgan fingerprint density at radius 3 is 2.44 bits per heavy atom. The Bertz CT molecular complexity index is 99.0. The van der Waals surface area contributed by atoms with Crippen LogP contribution in [-0.2, 0) is 4.74 Å². The molecule has 0 saturated carbocycles. The standard InChI is InChI=1S/C5H9F2NO/c1-3-4(2-8-3)9-5(6)7/h3-5,8H,2H2,1H3/t3-,4-/m0/s1.